The number of pyridine rings is 1. The van der Waals surface area contributed by atoms with Crippen LogP contribution < -0.4 is 14.9 Å². The normalized spacial score (nSPS) is 19.5. The highest BCUT2D eigenvalue weighted by atomic mass is 32.2. The first-order valence-electron chi connectivity index (χ1n) is 11.3. The molecule has 4 rings (SSSR count). The van der Waals surface area contributed by atoms with Crippen molar-refractivity contribution in [3.05, 3.63) is 53.9 Å². The molecule has 9 nitrogen and oxygen atoms in total. The van der Waals surface area contributed by atoms with Gasteiger partial charge in [-0.1, -0.05) is 37.3 Å². The minimum absolute atomic E-state index is 0.264. The summed E-state index contributed by atoms with van der Waals surface area (Å²) in [6, 6.07) is 13.4. The van der Waals surface area contributed by atoms with Gasteiger partial charge in [-0.15, -0.1) is 10.2 Å². The summed E-state index contributed by atoms with van der Waals surface area (Å²) < 4.78 is 31.6. The van der Waals surface area contributed by atoms with Gasteiger partial charge < -0.3 is 15.1 Å². The molecule has 3 aromatic rings. The van der Waals surface area contributed by atoms with Crippen molar-refractivity contribution in [2.24, 2.45) is 17.6 Å². The van der Waals surface area contributed by atoms with Crippen molar-refractivity contribution in [3.8, 4) is 11.5 Å². The number of anilines is 2. The van der Waals surface area contributed by atoms with Gasteiger partial charge in [0.25, 0.3) is 0 Å². The Morgan fingerprint density at radius 2 is 1.79 bits per heavy atom. The fourth-order valence-electron chi connectivity index (χ4n) is 3.92. The maximum absolute atomic E-state index is 12.2. The molecule has 34 heavy (non-hydrogen) atoms. The first-order chi connectivity index (χ1) is 15.9. The lowest BCUT2D eigenvalue weighted by molar-refractivity contribution is 0.355. The maximum atomic E-state index is 12.2. The van der Waals surface area contributed by atoms with E-state index in [4.69, 9.17) is 10.2 Å². The zero-order chi connectivity index (χ0) is 24.7. The van der Waals surface area contributed by atoms with E-state index < -0.39 is 15.6 Å². The molecule has 182 valence electrons. The Hall–Kier alpha value is -2.98. The summed E-state index contributed by atoms with van der Waals surface area (Å²) in [4.78, 5) is 6.64. The molecule has 2 unspecified atom stereocenters. The highest BCUT2D eigenvalue weighted by Crippen LogP contribution is 2.39. The molecule has 2 N–H and O–H groups in total. The molecule has 0 saturated heterocycles. The number of rotatable bonds is 9. The number of nitrogens with zero attached hydrogens (tertiary/aromatic N) is 5. The third-order valence-corrected chi connectivity index (χ3v) is 7.55. The van der Waals surface area contributed by atoms with Crippen LogP contribution in [0, 0.1) is 11.8 Å². The van der Waals surface area contributed by atoms with Crippen LogP contribution in [0.15, 0.2) is 46.9 Å². The first-order valence-corrected chi connectivity index (χ1v) is 13.1. The molecule has 2 heterocycles. The predicted molar refractivity (Wildman–Crippen MR) is 133 cm³/mol. The smallest absolute Gasteiger partial charge is 0.248 e. The van der Waals surface area contributed by atoms with Gasteiger partial charge in [0.05, 0.1) is 11.8 Å². The summed E-state index contributed by atoms with van der Waals surface area (Å²) in [6.07, 6.45) is 2.86. The quantitative estimate of drug-likeness (QED) is 0.492. The summed E-state index contributed by atoms with van der Waals surface area (Å²) >= 11 is 0. The van der Waals surface area contributed by atoms with E-state index in [-0.39, 0.29) is 11.7 Å². The Balaban J connectivity index is 1.67. The highest BCUT2D eigenvalue weighted by molar-refractivity contribution is 7.92. The van der Waals surface area contributed by atoms with E-state index in [1.165, 1.54) is 13.5 Å². The van der Waals surface area contributed by atoms with Gasteiger partial charge in [-0.25, -0.2) is 13.4 Å². The van der Waals surface area contributed by atoms with Gasteiger partial charge >= 0.3 is 0 Å². The zero-order valence-electron chi connectivity index (χ0n) is 20.3. The molecule has 0 spiro atoms. The predicted octanol–water partition coefficient (Wildman–Crippen LogP) is 3.04. The van der Waals surface area contributed by atoms with Crippen molar-refractivity contribution in [3.63, 3.8) is 0 Å². The summed E-state index contributed by atoms with van der Waals surface area (Å²) in [6.45, 7) is 4.92. The number of hydrogen-bond acceptors (Lipinski definition) is 8. The molecule has 0 aliphatic heterocycles. The summed E-state index contributed by atoms with van der Waals surface area (Å²) in [7, 11) is -0.0715. The molecule has 0 bridgehead atoms. The number of hydrogen-bond donors (Lipinski definition) is 1. The minimum atomic E-state index is -3.50. The van der Waals surface area contributed by atoms with Crippen LogP contribution in [0.5, 0.6) is 0 Å². The fourth-order valence-corrected chi connectivity index (χ4v) is 4.35. The molecule has 0 radical (unpaired) electrons. The van der Waals surface area contributed by atoms with Crippen LogP contribution in [-0.2, 0) is 22.0 Å². The first kappa shape index (κ1) is 24.2. The second kappa shape index (κ2) is 8.99. The van der Waals surface area contributed by atoms with Crippen LogP contribution >= 0.6 is 0 Å². The molecule has 1 aromatic carbocycles. The average Bonchev–Trinajstić information content (AvgIpc) is 3.25. The van der Waals surface area contributed by atoms with Crippen molar-refractivity contribution in [2.75, 3.05) is 36.1 Å². The number of nitrogens with two attached hydrogens (primary N) is 1. The van der Waals surface area contributed by atoms with E-state index in [1.807, 2.05) is 55.3 Å². The molecule has 1 aliphatic carbocycles. The molecule has 1 aliphatic rings. The average molecular weight is 485 g/mol. The molecule has 1 saturated carbocycles. The van der Waals surface area contributed by atoms with Crippen LogP contribution in [0.2, 0.25) is 0 Å². The zero-order valence-corrected chi connectivity index (χ0v) is 21.1. The van der Waals surface area contributed by atoms with Crippen LogP contribution in [-0.4, -0.2) is 50.5 Å². The summed E-state index contributed by atoms with van der Waals surface area (Å²) in [5.41, 5.74) is 7.32. The Labute approximate surface area is 201 Å². The lowest BCUT2D eigenvalue weighted by Crippen LogP contribution is -2.35. The Morgan fingerprint density at radius 1 is 1.15 bits per heavy atom. The Kier molecular flexibility index (Phi) is 6.39. The number of sulfonamides is 1. The third kappa shape index (κ3) is 5.39. The monoisotopic (exact) mass is 484 g/mol. The van der Waals surface area contributed by atoms with E-state index >= 15 is 0 Å². The summed E-state index contributed by atoms with van der Waals surface area (Å²) in [5.74, 6) is 2.79. The lowest BCUT2D eigenvalue weighted by Gasteiger charge is -2.22. The van der Waals surface area contributed by atoms with Gasteiger partial charge in [0, 0.05) is 26.2 Å². The van der Waals surface area contributed by atoms with E-state index in [2.05, 4.69) is 22.1 Å². The van der Waals surface area contributed by atoms with Crippen LogP contribution in [0.25, 0.3) is 11.5 Å². The highest BCUT2D eigenvalue weighted by Gasteiger charge is 2.34. The van der Waals surface area contributed by atoms with E-state index in [1.54, 1.807) is 6.07 Å². The topological polar surface area (TPSA) is 118 Å². The van der Waals surface area contributed by atoms with Gasteiger partial charge in [0.15, 0.2) is 0 Å². The summed E-state index contributed by atoms with van der Waals surface area (Å²) in [5, 5.41) is 8.45. The molecule has 0 amide bonds. The lowest BCUT2D eigenvalue weighted by atomic mass is 9.94. The molecule has 3 atom stereocenters. The van der Waals surface area contributed by atoms with Gasteiger partial charge in [-0.2, -0.15) is 0 Å². The minimum Gasteiger partial charge on any atom is -0.419 e. The molecular formula is C24H32N6O3S. The van der Waals surface area contributed by atoms with E-state index in [9.17, 15) is 8.42 Å². The van der Waals surface area contributed by atoms with Crippen molar-refractivity contribution in [1.82, 2.24) is 15.2 Å². The third-order valence-electron chi connectivity index (χ3n) is 6.37. The van der Waals surface area contributed by atoms with Crippen molar-refractivity contribution < 1.29 is 12.8 Å². The fraction of sp³-hybridized carbons (Fsp3) is 0.458. The van der Waals surface area contributed by atoms with Crippen molar-refractivity contribution >= 4 is 21.7 Å². The number of benzene rings is 1. The van der Waals surface area contributed by atoms with E-state index in [0.29, 0.717) is 35.5 Å². The molecule has 2 aromatic heterocycles. The standard InChI is InChI=1S/C24H32N6O3S/c1-16-11-19(16)15-29(3)20-12-18(13-21(26-20)30(4)34(5,31)32)22-27-28-23(33-22)24(2,25)14-17-9-7-6-8-10-17/h6-10,12-13,16,19H,11,14-15,25H2,1-5H3/t16?,19?,24-/m1/s1. The van der Waals surface area contributed by atoms with Crippen LogP contribution in [0.3, 0.4) is 0 Å². The molecule has 10 heteroatoms. The van der Waals surface area contributed by atoms with Gasteiger partial charge in [-0.3, -0.25) is 4.31 Å². The van der Waals surface area contributed by atoms with Crippen LogP contribution in [0.4, 0.5) is 11.6 Å². The largest absolute Gasteiger partial charge is 0.419 e. The van der Waals surface area contributed by atoms with Crippen LogP contribution in [0.1, 0.15) is 31.7 Å². The molecular weight excluding hydrogens is 452 g/mol. The van der Waals surface area contributed by atoms with E-state index in [0.717, 1.165) is 22.7 Å². The second-order valence-electron chi connectivity index (χ2n) is 9.65. The van der Waals surface area contributed by atoms with Gasteiger partial charge in [0.1, 0.15) is 11.6 Å². The van der Waals surface area contributed by atoms with Gasteiger partial charge in [-0.05, 0) is 49.3 Å². The Bertz CT molecular complexity index is 1260. The Morgan fingerprint density at radius 3 is 2.41 bits per heavy atom. The second-order valence-corrected chi connectivity index (χ2v) is 11.7. The van der Waals surface area contributed by atoms with Gasteiger partial charge in [0.2, 0.25) is 21.8 Å². The number of aromatic nitrogens is 3. The van der Waals surface area contributed by atoms with Crippen molar-refractivity contribution in [2.45, 2.75) is 32.2 Å². The maximum Gasteiger partial charge on any atom is 0.248 e. The molecule has 1 fully saturated rings. The van der Waals surface area contributed by atoms with Crippen molar-refractivity contribution in [1.29, 1.82) is 0 Å². The SMILES string of the molecule is CC1CC1CN(C)c1cc(-c2nnc([C@](C)(N)Cc3ccccc3)o2)cc(N(C)S(C)(=O)=O)n1.